The van der Waals surface area contributed by atoms with Crippen molar-refractivity contribution in [1.82, 2.24) is 0 Å². The smallest absolute Gasteiger partial charge is 0.315 e. The van der Waals surface area contributed by atoms with E-state index in [1.54, 1.807) is 109 Å². The highest BCUT2D eigenvalue weighted by molar-refractivity contribution is 7.92. The minimum Gasteiger partial charge on any atom is -0.755 e. The summed E-state index contributed by atoms with van der Waals surface area (Å²) < 4.78 is 83.1. The van der Waals surface area contributed by atoms with Crippen molar-refractivity contribution in [2.45, 2.75) is 18.2 Å². The summed E-state index contributed by atoms with van der Waals surface area (Å²) in [6, 6.07) is 49.7. The van der Waals surface area contributed by atoms with Gasteiger partial charge in [-0.2, -0.15) is 0 Å². The third-order valence-electron chi connectivity index (χ3n) is 9.71. The molecule has 0 bridgehead atoms. The molecule has 0 amide bonds. The van der Waals surface area contributed by atoms with E-state index in [1.807, 2.05) is 42.5 Å². The molecule has 0 heterocycles. The van der Waals surface area contributed by atoms with Gasteiger partial charge in [-0.15, -0.1) is 0 Å². The molecule has 332 valence electrons. The molecule has 0 aromatic heterocycles. The number of Topliss-reactive ketones (excluding diaryl/α,β-unsaturated/α-hetero) is 1. The van der Waals surface area contributed by atoms with Gasteiger partial charge in [0, 0.05) is 16.8 Å². The Kier molecular flexibility index (Phi) is 15.2. The van der Waals surface area contributed by atoms with Crippen molar-refractivity contribution < 1.29 is 50.5 Å². The highest BCUT2D eigenvalue weighted by atomic mass is 32.2. The Morgan fingerprint density at radius 3 is 1.66 bits per heavy atom. The maximum absolute atomic E-state index is 13.2. The Morgan fingerprint density at radius 2 is 1.06 bits per heavy atom. The van der Waals surface area contributed by atoms with E-state index in [0.29, 0.717) is 51.2 Å². The molecule has 0 aliphatic rings. The molecule has 7 aromatic rings. The number of ketones is 1. The number of ether oxygens (including phenoxy) is 5. The van der Waals surface area contributed by atoms with Crippen LogP contribution < -0.4 is 32.7 Å². The van der Waals surface area contributed by atoms with Crippen LogP contribution in [0.4, 0.5) is 17.1 Å². The summed E-state index contributed by atoms with van der Waals surface area (Å²) in [6.45, 7) is 2.01. The third kappa shape index (κ3) is 12.6. The van der Waals surface area contributed by atoms with E-state index in [1.165, 1.54) is 35.5 Å². The zero-order chi connectivity index (χ0) is 45.6. The van der Waals surface area contributed by atoms with E-state index in [9.17, 15) is 26.8 Å². The second-order valence-corrected chi connectivity index (χ2v) is 16.7. The SMILES string of the molecule is CC(=O)c1ccc(S(=O)(=O)Nc2ccc(OCCOc3ccccc3OC(=O)Cc3ccccc3OCCOc3ccc(N(c4ccc(-c5ccccc5)cc4)S(=O)[O-])cc3)cc2)cc1. The summed E-state index contributed by atoms with van der Waals surface area (Å²) >= 11 is -2.57. The molecule has 1 unspecified atom stereocenters. The molecule has 0 fully saturated rings. The van der Waals surface area contributed by atoms with Gasteiger partial charge in [0.05, 0.1) is 34.0 Å². The molecule has 7 rings (SSSR count). The van der Waals surface area contributed by atoms with Gasteiger partial charge in [-0.1, -0.05) is 84.9 Å². The van der Waals surface area contributed by atoms with Gasteiger partial charge < -0.3 is 28.2 Å². The normalized spacial score (nSPS) is 11.5. The van der Waals surface area contributed by atoms with Gasteiger partial charge in [0.1, 0.15) is 43.7 Å². The predicted molar refractivity (Wildman–Crippen MR) is 247 cm³/mol. The van der Waals surface area contributed by atoms with E-state index in [0.717, 1.165) is 11.1 Å². The van der Waals surface area contributed by atoms with E-state index in [2.05, 4.69) is 4.72 Å². The molecule has 0 aliphatic heterocycles. The Morgan fingerprint density at radius 1 is 0.569 bits per heavy atom. The van der Waals surface area contributed by atoms with E-state index >= 15 is 0 Å². The highest BCUT2D eigenvalue weighted by Gasteiger charge is 2.17. The van der Waals surface area contributed by atoms with Crippen LogP contribution in [0.15, 0.2) is 181 Å². The lowest BCUT2D eigenvalue weighted by Gasteiger charge is -2.26. The molecule has 15 heteroatoms. The summed E-state index contributed by atoms with van der Waals surface area (Å²) in [5.41, 5.74) is 4.30. The maximum Gasteiger partial charge on any atom is 0.315 e. The number of carbonyl (C=O) groups is 2. The topological polar surface area (TPSA) is 170 Å². The van der Waals surface area contributed by atoms with Crippen LogP contribution >= 0.6 is 0 Å². The first-order chi connectivity index (χ1) is 31.5. The standard InChI is InChI=1S/C50H44N2O11S2/c1-36(53)37-17-29-46(30-18-37)65(57,58)51-41-19-25-44(26-20-41)59-32-34-62-48-13-7-8-14-49(48)63-50(54)35-40-11-5-6-12-47(40)61-33-31-60-45-27-23-43(24-28-45)52(64(55)56)42-21-15-39(16-22-42)38-9-3-2-4-10-38/h2-30,51H,31-35H2,1H3,(H,55,56)/p-1. The molecule has 0 saturated heterocycles. The number of nitrogens with zero attached hydrogens (tertiary/aromatic N) is 1. The number of para-hydroxylation sites is 3. The fourth-order valence-electron chi connectivity index (χ4n) is 6.50. The molecule has 1 N–H and O–H groups in total. The third-order valence-corrected chi connectivity index (χ3v) is 11.8. The van der Waals surface area contributed by atoms with Gasteiger partial charge in [-0.25, -0.2) is 8.42 Å². The Labute approximate surface area is 379 Å². The van der Waals surface area contributed by atoms with Gasteiger partial charge >= 0.3 is 5.97 Å². The first kappa shape index (κ1) is 45.6. The minimum atomic E-state index is -3.87. The Balaban J connectivity index is 0.849. The molecular weight excluding hydrogens is 869 g/mol. The van der Waals surface area contributed by atoms with Crippen LogP contribution in [0.3, 0.4) is 0 Å². The van der Waals surface area contributed by atoms with Gasteiger partial charge in [-0.05, 0) is 109 Å². The van der Waals surface area contributed by atoms with Crippen molar-refractivity contribution >= 4 is 50.1 Å². The molecule has 1 atom stereocenters. The lowest BCUT2D eigenvalue weighted by atomic mass is 10.1. The van der Waals surface area contributed by atoms with Crippen molar-refractivity contribution in [2.75, 3.05) is 35.5 Å². The van der Waals surface area contributed by atoms with E-state index in [-0.39, 0.29) is 49.3 Å². The summed E-state index contributed by atoms with van der Waals surface area (Å²) in [5, 5.41) is 0. The summed E-state index contributed by atoms with van der Waals surface area (Å²) in [4.78, 5) is 24.7. The van der Waals surface area contributed by atoms with Crippen LogP contribution in [0, 0.1) is 0 Å². The van der Waals surface area contributed by atoms with Crippen LogP contribution in [0.1, 0.15) is 22.8 Å². The van der Waals surface area contributed by atoms with E-state index in [4.69, 9.17) is 23.7 Å². The van der Waals surface area contributed by atoms with Crippen LogP contribution in [0.25, 0.3) is 11.1 Å². The lowest BCUT2D eigenvalue weighted by Crippen LogP contribution is -2.19. The van der Waals surface area contributed by atoms with Crippen molar-refractivity contribution in [2.24, 2.45) is 0 Å². The molecule has 13 nitrogen and oxygen atoms in total. The fraction of sp³-hybridized carbons (Fsp3) is 0.120. The second kappa shape index (κ2) is 21.8. The van der Waals surface area contributed by atoms with Gasteiger partial charge in [0.2, 0.25) is 0 Å². The number of esters is 1. The van der Waals surface area contributed by atoms with Crippen molar-refractivity contribution in [3.63, 3.8) is 0 Å². The molecule has 0 aliphatic carbocycles. The number of hydrogen-bond donors (Lipinski definition) is 1. The van der Waals surface area contributed by atoms with Crippen LogP contribution in [-0.2, 0) is 32.5 Å². The quantitative estimate of drug-likeness (QED) is 0.0240. The van der Waals surface area contributed by atoms with Crippen molar-refractivity contribution in [1.29, 1.82) is 0 Å². The number of hydrogen-bond acceptors (Lipinski definition) is 11. The van der Waals surface area contributed by atoms with Crippen LogP contribution in [-0.4, -0.2) is 55.4 Å². The van der Waals surface area contributed by atoms with Crippen LogP contribution in [0.2, 0.25) is 0 Å². The highest BCUT2D eigenvalue weighted by Crippen LogP contribution is 2.32. The summed E-state index contributed by atoms with van der Waals surface area (Å²) in [6.07, 6.45) is -0.0825. The Hall–Kier alpha value is -7.46. The monoisotopic (exact) mass is 911 g/mol. The largest absolute Gasteiger partial charge is 0.755 e. The number of carbonyl (C=O) groups excluding carboxylic acids is 2. The number of benzene rings is 7. The number of nitrogens with one attached hydrogen (secondary N) is 1. The summed E-state index contributed by atoms with van der Waals surface area (Å²) in [7, 11) is -3.87. The molecule has 0 spiro atoms. The average Bonchev–Trinajstić information content (AvgIpc) is 3.31. The zero-order valence-corrected chi connectivity index (χ0v) is 36.7. The minimum absolute atomic E-state index is 0.0270. The predicted octanol–water partition coefficient (Wildman–Crippen LogP) is 9.35. The molecule has 0 radical (unpaired) electrons. The Bertz CT molecular complexity index is 2820. The lowest BCUT2D eigenvalue weighted by molar-refractivity contribution is -0.133. The summed E-state index contributed by atoms with van der Waals surface area (Å²) in [5.74, 6) is 1.37. The fourth-order valence-corrected chi connectivity index (χ4v) is 8.15. The van der Waals surface area contributed by atoms with E-state index < -0.39 is 27.3 Å². The number of rotatable bonds is 21. The average molecular weight is 912 g/mol. The van der Waals surface area contributed by atoms with Crippen molar-refractivity contribution in [3.8, 4) is 39.9 Å². The first-order valence-corrected chi connectivity index (χ1v) is 22.8. The first-order valence-electron chi connectivity index (χ1n) is 20.3. The maximum atomic E-state index is 13.2. The molecule has 65 heavy (non-hydrogen) atoms. The van der Waals surface area contributed by atoms with Crippen LogP contribution in [0.5, 0.6) is 28.7 Å². The molecule has 0 saturated carbocycles. The van der Waals surface area contributed by atoms with Gasteiger partial charge in [-0.3, -0.25) is 22.8 Å². The van der Waals surface area contributed by atoms with Gasteiger partial charge in [0.25, 0.3) is 10.0 Å². The van der Waals surface area contributed by atoms with Gasteiger partial charge in [0.15, 0.2) is 17.3 Å². The molecule has 7 aromatic carbocycles. The molecular formula is C50H43N2O11S2-. The van der Waals surface area contributed by atoms with Crippen molar-refractivity contribution in [3.05, 3.63) is 187 Å². The second-order valence-electron chi connectivity index (χ2n) is 14.2. The number of sulfonamides is 1. The zero-order valence-electron chi connectivity index (χ0n) is 35.0. The number of anilines is 3.